The van der Waals surface area contributed by atoms with E-state index in [1.165, 1.54) is 43.8 Å². The van der Waals surface area contributed by atoms with Crippen molar-refractivity contribution in [3.05, 3.63) is 176 Å². The maximum Gasteiger partial charge on any atom is 0.145 e. The summed E-state index contributed by atoms with van der Waals surface area (Å²) >= 11 is 0. The minimum Gasteiger partial charge on any atom is -0.306 e. The second-order valence-corrected chi connectivity index (χ2v) is 12.4. The Morgan fingerprint density at radius 2 is 0.917 bits per heavy atom. The van der Waals surface area contributed by atoms with Crippen molar-refractivity contribution in [3.63, 3.8) is 0 Å². The summed E-state index contributed by atoms with van der Waals surface area (Å²) < 4.78 is 2.36. The molecule has 0 aliphatic carbocycles. The molecule has 0 spiro atoms. The zero-order valence-electron chi connectivity index (χ0n) is 26.1. The van der Waals surface area contributed by atoms with Gasteiger partial charge in [0, 0.05) is 11.3 Å². The fourth-order valence-corrected chi connectivity index (χ4v) is 7.69. The van der Waals surface area contributed by atoms with E-state index in [0.29, 0.717) is 0 Å². The van der Waals surface area contributed by atoms with Crippen LogP contribution in [0, 0.1) is 0 Å². The van der Waals surface area contributed by atoms with E-state index in [4.69, 9.17) is 4.98 Å². The van der Waals surface area contributed by atoms with Crippen molar-refractivity contribution in [2.45, 2.75) is 0 Å². The average molecular weight is 612 g/mol. The van der Waals surface area contributed by atoms with Gasteiger partial charge in [0.05, 0.1) is 28.1 Å². The van der Waals surface area contributed by atoms with Crippen LogP contribution in [0.4, 0.5) is 17.1 Å². The smallest absolute Gasteiger partial charge is 0.145 e. The van der Waals surface area contributed by atoms with Crippen LogP contribution in [0.3, 0.4) is 0 Å². The Kier molecular flexibility index (Phi) is 5.87. The summed E-state index contributed by atoms with van der Waals surface area (Å²) in [4.78, 5) is 7.73. The Balaban J connectivity index is 1.30. The third kappa shape index (κ3) is 3.91. The third-order valence-corrected chi connectivity index (χ3v) is 9.68. The van der Waals surface area contributed by atoms with E-state index in [1.807, 2.05) is 0 Å². The molecular weight excluding hydrogens is 583 g/mol. The van der Waals surface area contributed by atoms with Crippen LogP contribution in [-0.2, 0) is 0 Å². The number of aromatic nitrogens is 2. The lowest BCUT2D eigenvalue weighted by molar-refractivity contribution is 1.06. The highest BCUT2D eigenvalue weighted by Gasteiger charge is 2.29. The van der Waals surface area contributed by atoms with Gasteiger partial charge in [0.1, 0.15) is 5.82 Å². The summed E-state index contributed by atoms with van der Waals surface area (Å²) in [6.45, 7) is 0. The molecule has 0 saturated carbocycles. The first-order chi connectivity index (χ1) is 23.8. The standard InChI is InChI=1S/C45H29N3/c1-4-15-30(16-5-1)42-34-21-10-11-22-35(34)43(31-17-6-2-7-18-31)37-29-32(27-28-36(37)42)45-46-38-23-14-26-41-44(38)48(45)40-25-13-12-24-39(40)47(41)33-19-8-3-9-20-33/h1-29H. The van der Waals surface area contributed by atoms with E-state index in [0.717, 1.165) is 45.2 Å². The van der Waals surface area contributed by atoms with Crippen molar-refractivity contribution in [2.75, 3.05) is 4.90 Å². The third-order valence-electron chi connectivity index (χ3n) is 9.68. The Bertz CT molecular complexity index is 2660. The van der Waals surface area contributed by atoms with Crippen LogP contribution < -0.4 is 4.90 Å². The first kappa shape index (κ1) is 26.7. The van der Waals surface area contributed by atoms with Crippen LogP contribution in [0.1, 0.15) is 0 Å². The molecule has 0 unspecified atom stereocenters. The van der Waals surface area contributed by atoms with Gasteiger partial charge in [-0.25, -0.2) is 4.98 Å². The van der Waals surface area contributed by atoms with Gasteiger partial charge >= 0.3 is 0 Å². The number of hydrogen-bond donors (Lipinski definition) is 0. The van der Waals surface area contributed by atoms with Crippen LogP contribution >= 0.6 is 0 Å². The van der Waals surface area contributed by atoms with Crippen molar-refractivity contribution in [3.8, 4) is 39.3 Å². The zero-order chi connectivity index (χ0) is 31.6. The van der Waals surface area contributed by atoms with E-state index in [1.54, 1.807) is 0 Å². The van der Waals surface area contributed by atoms with Crippen molar-refractivity contribution < 1.29 is 0 Å². The van der Waals surface area contributed by atoms with E-state index >= 15 is 0 Å². The summed E-state index contributed by atoms with van der Waals surface area (Å²) in [5, 5.41) is 4.94. The molecule has 0 atom stereocenters. The lowest BCUT2D eigenvalue weighted by Gasteiger charge is -2.32. The quantitative estimate of drug-likeness (QED) is 0.185. The van der Waals surface area contributed by atoms with Gasteiger partial charge in [-0.15, -0.1) is 0 Å². The summed E-state index contributed by atoms with van der Waals surface area (Å²) in [5.41, 5.74) is 12.6. The molecule has 1 aromatic heterocycles. The van der Waals surface area contributed by atoms with E-state index in [9.17, 15) is 0 Å². The number of hydrogen-bond acceptors (Lipinski definition) is 2. The van der Waals surface area contributed by atoms with Gasteiger partial charge in [0.15, 0.2) is 0 Å². The van der Waals surface area contributed by atoms with Gasteiger partial charge in [-0.05, 0) is 86.3 Å². The van der Waals surface area contributed by atoms with Crippen LogP contribution in [0.5, 0.6) is 0 Å². The molecule has 1 aliphatic heterocycles. The minimum absolute atomic E-state index is 0.938. The molecule has 0 N–H and O–H groups in total. The molecule has 0 bridgehead atoms. The molecule has 0 fully saturated rings. The number of rotatable bonds is 4. The van der Waals surface area contributed by atoms with Gasteiger partial charge in [0.2, 0.25) is 0 Å². The molecule has 3 heteroatoms. The summed E-state index contributed by atoms with van der Waals surface area (Å²) in [6.07, 6.45) is 0. The van der Waals surface area contributed by atoms with E-state index in [-0.39, 0.29) is 0 Å². The normalized spacial score (nSPS) is 12.1. The van der Waals surface area contributed by atoms with Gasteiger partial charge in [0.25, 0.3) is 0 Å². The minimum atomic E-state index is 0.938. The van der Waals surface area contributed by atoms with Crippen LogP contribution in [0.2, 0.25) is 0 Å². The lowest BCUT2D eigenvalue weighted by Crippen LogP contribution is -2.18. The number of anilines is 3. The Labute approximate surface area is 278 Å². The fourth-order valence-electron chi connectivity index (χ4n) is 7.69. The predicted octanol–water partition coefficient (Wildman–Crippen LogP) is 12.1. The first-order valence-corrected chi connectivity index (χ1v) is 16.4. The highest BCUT2D eigenvalue weighted by Crippen LogP contribution is 2.49. The molecule has 224 valence electrons. The van der Waals surface area contributed by atoms with Crippen molar-refractivity contribution in [2.24, 2.45) is 0 Å². The Morgan fingerprint density at radius 3 is 1.60 bits per heavy atom. The summed E-state index contributed by atoms with van der Waals surface area (Å²) in [5.74, 6) is 0.938. The summed E-state index contributed by atoms with van der Waals surface area (Å²) in [6, 6.07) is 63.1. The second kappa shape index (κ2) is 10.5. The van der Waals surface area contributed by atoms with Crippen molar-refractivity contribution in [1.29, 1.82) is 0 Å². The van der Waals surface area contributed by atoms with Gasteiger partial charge < -0.3 is 4.90 Å². The maximum atomic E-state index is 5.37. The molecule has 48 heavy (non-hydrogen) atoms. The molecular formula is C45H29N3. The first-order valence-electron chi connectivity index (χ1n) is 16.4. The van der Waals surface area contributed by atoms with Crippen molar-refractivity contribution >= 4 is 49.6 Å². The molecule has 1 aliphatic rings. The molecule has 2 heterocycles. The molecule has 0 radical (unpaired) electrons. The monoisotopic (exact) mass is 611 g/mol. The molecule has 0 saturated heterocycles. The molecule has 9 aromatic rings. The number of imidazole rings is 1. The number of benzene rings is 8. The second-order valence-electron chi connectivity index (χ2n) is 12.4. The zero-order valence-corrected chi connectivity index (χ0v) is 26.1. The average Bonchev–Trinajstić information content (AvgIpc) is 3.56. The molecule has 10 rings (SSSR count). The maximum absolute atomic E-state index is 5.37. The SMILES string of the molecule is c1ccc(-c2c3ccccc3c(-c3ccccc3)c3cc(-c4nc5cccc6c5n4-c4ccccc4N6c4ccccc4)ccc23)cc1. The molecule has 0 amide bonds. The fraction of sp³-hybridized carbons (Fsp3) is 0. The van der Waals surface area contributed by atoms with E-state index < -0.39 is 0 Å². The van der Waals surface area contributed by atoms with Crippen molar-refractivity contribution in [1.82, 2.24) is 9.55 Å². The summed E-state index contributed by atoms with van der Waals surface area (Å²) in [7, 11) is 0. The van der Waals surface area contributed by atoms with Gasteiger partial charge in [-0.3, -0.25) is 4.57 Å². The Hall–Kier alpha value is -6.45. The highest BCUT2D eigenvalue weighted by atomic mass is 15.2. The number of nitrogens with zero attached hydrogens (tertiary/aromatic N) is 3. The molecule has 3 nitrogen and oxygen atoms in total. The Morgan fingerprint density at radius 1 is 0.375 bits per heavy atom. The van der Waals surface area contributed by atoms with Crippen LogP contribution in [0.15, 0.2) is 176 Å². The molecule has 8 aromatic carbocycles. The highest BCUT2D eigenvalue weighted by molar-refractivity contribution is 6.22. The van der Waals surface area contributed by atoms with E-state index in [2.05, 4.69) is 185 Å². The van der Waals surface area contributed by atoms with Crippen LogP contribution in [0.25, 0.3) is 71.9 Å². The predicted molar refractivity (Wildman–Crippen MR) is 201 cm³/mol. The lowest BCUT2D eigenvalue weighted by atomic mass is 9.85. The topological polar surface area (TPSA) is 21.1 Å². The van der Waals surface area contributed by atoms with Crippen LogP contribution in [-0.4, -0.2) is 9.55 Å². The van der Waals surface area contributed by atoms with Gasteiger partial charge in [-0.1, -0.05) is 133 Å². The number of fused-ring (bicyclic) bond motifs is 4. The largest absolute Gasteiger partial charge is 0.306 e. The number of para-hydroxylation sites is 4. The van der Waals surface area contributed by atoms with Gasteiger partial charge in [-0.2, -0.15) is 0 Å².